The van der Waals surface area contributed by atoms with Crippen LogP contribution >= 0.6 is 0 Å². The molecule has 0 radical (unpaired) electrons. The lowest BCUT2D eigenvalue weighted by molar-refractivity contribution is -0.0519. The second-order valence-corrected chi connectivity index (χ2v) is 8.78. The molecule has 0 aliphatic heterocycles. The van der Waals surface area contributed by atoms with Crippen LogP contribution in [0.4, 0.5) is 20.2 Å². The largest absolute Gasteiger partial charge is 0.487 e. The Morgan fingerprint density at radius 1 is 1.03 bits per heavy atom. The Morgan fingerprint density at radius 3 is 2.26 bits per heavy atom. The molecule has 3 aromatic rings. The first kappa shape index (κ1) is 25.0. The highest BCUT2D eigenvalue weighted by Crippen LogP contribution is 2.37. The van der Waals surface area contributed by atoms with Gasteiger partial charge in [-0.25, -0.2) is 9.78 Å². The Labute approximate surface area is 197 Å². The van der Waals surface area contributed by atoms with E-state index in [0.29, 0.717) is 23.6 Å². The SMILES string of the molecule is CC(C)Oc1cc(N(Cc2cnco2)c2ccc(C(=O)OC(C)(C)C)cc2)ccc1OC(F)F. The highest BCUT2D eigenvalue weighted by molar-refractivity contribution is 5.90. The van der Waals surface area contributed by atoms with E-state index in [4.69, 9.17) is 13.9 Å². The van der Waals surface area contributed by atoms with Crippen LogP contribution in [0.3, 0.4) is 0 Å². The number of nitrogens with zero attached hydrogens (tertiary/aromatic N) is 2. The molecule has 34 heavy (non-hydrogen) atoms. The van der Waals surface area contributed by atoms with E-state index in [1.165, 1.54) is 12.5 Å². The Hall–Kier alpha value is -3.62. The van der Waals surface area contributed by atoms with Gasteiger partial charge in [0.15, 0.2) is 17.9 Å². The Kier molecular flexibility index (Phi) is 7.75. The second-order valence-electron chi connectivity index (χ2n) is 8.78. The summed E-state index contributed by atoms with van der Waals surface area (Å²) in [5.74, 6) is 0.269. The minimum Gasteiger partial charge on any atom is -0.487 e. The van der Waals surface area contributed by atoms with E-state index in [-0.39, 0.29) is 17.6 Å². The lowest BCUT2D eigenvalue weighted by atomic mass is 10.1. The molecule has 0 bridgehead atoms. The third kappa shape index (κ3) is 6.94. The lowest BCUT2D eigenvalue weighted by Crippen LogP contribution is -2.24. The van der Waals surface area contributed by atoms with Gasteiger partial charge in [0.05, 0.1) is 24.4 Å². The first-order valence-electron chi connectivity index (χ1n) is 10.8. The summed E-state index contributed by atoms with van der Waals surface area (Å²) in [6.45, 7) is 6.30. The maximum atomic E-state index is 12.9. The fourth-order valence-electron chi connectivity index (χ4n) is 3.13. The molecule has 0 spiro atoms. The summed E-state index contributed by atoms with van der Waals surface area (Å²) in [6, 6.07) is 11.6. The fourth-order valence-corrected chi connectivity index (χ4v) is 3.13. The van der Waals surface area contributed by atoms with Crippen LogP contribution in [0, 0.1) is 0 Å². The van der Waals surface area contributed by atoms with Crippen LogP contribution in [0.15, 0.2) is 59.5 Å². The number of ether oxygens (including phenoxy) is 3. The van der Waals surface area contributed by atoms with Crippen molar-refractivity contribution in [3.63, 3.8) is 0 Å². The summed E-state index contributed by atoms with van der Waals surface area (Å²) in [4.78, 5) is 18.2. The van der Waals surface area contributed by atoms with Gasteiger partial charge < -0.3 is 23.5 Å². The predicted octanol–water partition coefficient (Wildman–Crippen LogP) is 6.36. The van der Waals surface area contributed by atoms with Crippen LogP contribution in [-0.2, 0) is 11.3 Å². The number of anilines is 2. The molecule has 1 aromatic heterocycles. The molecule has 0 saturated carbocycles. The summed E-state index contributed by atoms with van der Waals surface area (Å²) in [5, 5.41) is 0. The van der Waals surface area contributed by atoms with Crippen LogP contribution in [0.25, 0.3) is 0 Å². The Balaban J connectivity index is 1.97. The third-order valence-electron chi connectivity index (χ3n) is 4.43. The topological polar surface area (TPSA) is 74.0 Å². The highest BCUT2D eigenvalue weighted by Gasteiger charge is 2.20. The number of carbonyl (C=O) groups is 1. The first-order valence-corrected chi connectivity index (χ1v) is 10.8. The molecule has 0 saturated heterocycles. The normalized spacial score (nSPS) is 11.6. The van der Waals surface area contributed by atoms with Gasteiger partial charge in [-0.2, -0.15) is 8.78 Å². The predicted molar refractivity (Wildman–Crippen MR) is 123 cm³/mol. The first-order chi connectivity index (χ1) is 16.0. The number of carbonyl (C=O) groups excluding carboxylic acids is 1. The van der Waals surface area contributed by atoms with Crippen LogP contribution < -0.4 is 14.4 Å². The Morgan fingerprint density at radius 2 is 1.71 bits per heavy atom. The van der Waals surface area contributed by atoms with Crippen molar-refractivity contribution in [2.24, 2.45) is 0 Å². The molecule has 9 heteroatoms. The minimum absolute atomic E-state index is 0.0626. The molecule has 0 unspecified atom stereocenters. The van der Waals surface area contributed by atoms with Crippen molar-refractivity contribution in [3.8, 4) is 11.5 Å². The van der Waals surface area contributed by atoms with E-state index in [0.717, 1.165) is 5.69 Å². The van der Waals surface area contributed by atoms with E-state index in [9.17, 15) is 13.6 Å². The number of aromatic nitrogens is 1. The van der Waals surface area contributed by atoms with Crippen molar-refractivity contribution < 1.29 is 32.2 Å². The van der Waals surface area contributed by atoms with Crippen molar-refractivity contribution in [1.29, 1.82) is 0 Å². The molecular formula is C25H28F2N2O5. The zero-order chi connectivity index (χ0) is 24.9. The van der Waals surface area contributed by atoms with E-state index < -0.39 is 18.2 Å². The van der Waals surface area contributed by atoms with Gasteiger partial charge >= 0.3 is 12.6 Å². The quantitative estimate of drug-likeness (QED) is 0.334. The maximum absolute atomic E-state index is 12.9. The molecule has 0 amide bonds. The van der Waals surface area contributed by atoms with Crippen LogP contribution in [0.5, 0.6) is 11.5 Å². The highest BCUT2D eigenvalue weighted by atomic mass is 19.3. The zero-order valence-corrected chi connectivity index (χ0v) is 19.7. The fraction of sp³-hybridized carbons (Fsp3) is 0.360. The number of alkyl halides is 2. The molecule has 0 atom stereocenters. The molecule has 1 heterocycles. The lowest BCUT2D eigenvalue weighted by Gasteiger charge is -2.26. The van der Waals surface area contributed by atoms with Gasteiger partial charge in [0.25, 0.3) is 0 Å². The van der Waals surface area contributed by atoms with Gasteiger partial charge in [-0.1, -0.05) is 0 Å². The molecule has 0 N–H and O–H groups in total. The van der Waals surface area contributed by atoms with Gasteiger partial charge in [-0.15, -0.1) is 0 Å². The van der Waals surface area contributed by atoms with Crippen molar-refractivity contribution in [1.82, 2.24) is 4.98 Å². The standard InChI is InChI=1S/C25H28F2N2O5/c1-16(2)32-22-12-19(10-11-21(22)33-24(26)27)29(14-20-13-28-15-31-20)18-8-6-17(7-9-18)23(30)34-25(3,4)5/h6-13,15-16,24H,14H2,1-5H3. The number of hydrogen-bond acceptors (Lipinski definition) is 7. The van der Waals surface area contributed by atoms with Crippen molar-refractivity contribution >= 4 is 17.3 Å². The van der Waals surface area contributed by atoms with Gasteiger partial charge in [0.1, 0.15) is 11.4 Å². The summed E-state index contributed by atoms with van der Waals surface area (Å²) in [7, 11) is 0. The number of oxazole rings is 1. The smallest absolute Gasteiger partial charge is 0.387 e. The summed E-state index contributed by atoms with van der Waals surface area (Å²) in [5.41, 5.74) is 1.16. The molecule has 182 valence electrons. The second kappa shape index (κ2) is 10.5. The average Bonchev–Trinajstić information content (AvgIpc) is 3.25. The van der Waals surface area contributed by atoms with Gasteiger partial charge in [-0.05, 0) is 71.0 Å². The minimum atomic E-state index is -2.98. The molecule has 2 aromatic carbocycles. The summed E-state index contributed by atoms with van der Waals surface area (Å²) < 4.78 is 46.9. The molecule has 3 rings (SSSR count). The Bertz CT molecular complexity index is 1080. The molecule has 0 aliphatic carbocycles. The zero-order valence-electron chi connectivity index (χ0n) is 19.7. The summed E-state index contributed by atoms with van der Waals surface area (Å²) in [6.07, 6.45) is 2.65. The summed E-state index contributed by atoms with van der Waals surface area (Å²) >= 11 is 0. The molecular weight excluding hydrogens is 446 g/mol. The van der Waals surface area contributed by atoms with Gasteiger partial charge in [0.2, 0.25) is 0 Å². The van der Waals surface area contributed by atoms with Gasteiger partial charge in [-0.3, -0.25) is 0 Å². The van der Waals surface area contributed by atoms with E-state index >= 15 is 0 Å². The average molecular weight is 475 g/mol. The molecule has 0 aliphatic rings. The van der Waals surface area contributed by atoms with Crippen LogP contribution in [0.2, 0.25) is 0 Å². The number of halogens is 2. The van der Waals surface area contributed by atoms with E-state index in [1.807, 2.05) is 4.90 Å². The number of rotatable bonds is 9. The van der Waals surface area contributed by atoms with Crippen LogP contribution in [0.1, 0.15) is 50.7 Å². The number of hydrogen-bond donors (Lipinski definition) is 0. The molecule has 7 nitrogen and oxygen atoms in total. The van der Waals surface area contributed by atoms with Crippen molar-refractivity contribution in [2.75, 3.05) is 4.90 Å². The maximum Gasteiger partial charge on any atom is 0.387 e. The van der Waals surface area contributed by atoms with E-state index in [2.05, 4.69) is 9.72 Å². The number of esters is 1. The van der Waals surface area contributed by atoms with Crippen molar-refractivity contribution in [2.45, 2.75) is 59.5 Å². The van der Waals surface area contributed by atoms with E-state index in [1.54, 1.807) is 77.2 Å². The van der Waals surface area contributed by atoms with Crippen LogP contribution in [-0.4, -0.2) is 29.3 Å². The monoisotopic (exact) mass is 474 g/mol. The molecule has 0 fully saturated rings. The van der Waals surface area contributed by atoms with Crippen molar-refractivity contribution in [3.05, 3.63) is 66.4 Å². The van der Waals surface area contributed by atoms with Gasteiger partial charge in [0, 0.05) is 17.4 Å². The third-order valence-corrected chi connectivity index (χ3v) is 4.43. The number of benzene rings is 2.